The van der Waals surface area contributed by atoms with Gasteiger partial charge in [0.05, 0.1) is 18.8 Å². The Morgan fingerprint density at radius 1 is 1.59 bits per heavy atom. The molecule has 1 atom stereocenters. The number of rotatable bonds is 6. The molecule has 17 heavy (non-hydrogen) atoms. The highest BCUT2D eigenvalue weighted by atomic mass is 19.3. The number of hydrogen-bond acceptors (Lipinski definition) is 4. The molecule has 0 unspecified atom stereocenters. The van der Waals surface area contributed by atoms with Crippen LogP contribution in [0.15, 0.2) is 6.20 Å². The fourth-order valence-electron chi connectivity index (χ4n) is 1.81. The van der Waals surface area contributed by atoms with Crippen LogP contribution >= 0.6 is 0 Å². The molecular weight excluding hydrogens is 230 g/mol. The Morgan fingerprint density at radius 2 is 2.47 bits per heavy atom. The molecule has 2 rings (SSSR count). The van der Waals surface area contributed by atoms with Crippen molar-refractivity contribution in [1.82, 2.24) is 20.3 Å². The van der Waals surface area contributed by atoms with Crippen molar-refractivity contribution in [2.24, 2.45) is 5.92 Å². The third kappa shape index (κ3) is 4.01. The highest BCUT2D eigenvalue weighted by Gasteiger charge is 2.16. The van der Waals surface area contributed by atoms with E-state index in [2.05, 4.69) is 15.6 Å². The minimum Gasteiger partial charge on any atom is -0.381 e. The number of aromatic nitrogens is 3. The van der Waals surface area contributed by atoms with Crippen LogP contribution in [0, 0.1) is 5.92 Å². The zero-order valence-corrected chi connectivity index (χ0v) is 9.48. The summed E-state index contributed by atoms with van der Waals surface area (Å²) in [5, 5.41) is 10.5. The molecule has 0 aromatic carbocycles. The number of hydrogen-bond donors (Lipinski definition) is 1. The molecule has 1 aromatic heterocycles. The van der Waals surface area contributed by atoms with Crippen LogP contribution in [0.4, 0.5) is 8.78 Å². The Morgan fingerprint density at radius 3 is 3.18 bits per heavy atom. The smallest absolute Gasteiger partial charge is 0.250 e. The first kappa shape index (κ1) is 12.4. The zero-order chi connectivity index (χ0) is 12.1. The van der Waals surface area contributed by atoms with Gasteiger partial charge in [-0.15, -0.1) is 5.10 Å². The number of alkyl halides is 2. The van der Waals surface area contributed by atoms with Crippen molar-refractivity contribution in [3.05, 3.63) is 11.9 Å². The van der Waals surface area contributed by atoms with Gasteiger partial charge in [-0.25, -0.2) is 8.78 Å². The molecule has 1 aliphatic heterocycles. The molecule has 1 fully saturated rings. The summed E-state index contributed by atoms with van der Waals surface area (Å²) in [5.41, 5.74) is 0.685. The van der Waals surface area contributed by atoms with Crippen LogP contribution < -0.4 is 5.32 Å². The second-order valence-electron chi connectivity index (χ2n) is 4.18. The molecule has 0 saturated carbocycles. The van der Waals surface area contributed by atoms with E-state index in [0.717, 1.165) is 26.2 Å². The van der Waals surface area contributed by atoms with Gasteiger partial charge in [0.2, 0.25) is 0 Å². The lowest BCUT2D eigenvalue weighted by Crippen LogP contribution is -2.20. The summed E-state index contributed by atoms with van der Waals surface area (Å²) in [5.74, 6) is 0.485. The van der Waals surface area contributed by atoms with Crippen molar-refractivity contribution in [3.8, 4) is 0 Å². The first-order chi connectivity index (χ1) is 8.24. The Balaban J connectivity index is 1.75. The third-order valence-corrected chi connectivity index (χ3v) is 2.66. The first-order valence-electron chi connectivity index (χ1n) is 5.69. The van der Waals surface area contributed by atoms with Crippen LogP contribution in [0.25, 0.3) is 0 Å². The van der Waals surface area contributed by atoms with Crippen LogP contribution in [0.2, 0.25) is 0 Å². The molecule has 1 aromatic rings. The van der Waals surface area contributed by atoms with E-state index in [4.69, 9.17) is 4.74 Å². The van der Waals surface area contributed by atoms with Gasteiger partial charge in [-0.05, 0) is 6.42 Å². The summed E-state index contributed by atoms with van der Waals surface area (Å²) in [6.07, 6.45) is 0.496. The molecule has 2 heterocycles. The quantitative estimate of drug-likeness (QED) is 0.801. The molecule has 1 saturated heterocycles. The summed E-state index contributed by atoms with van der Waals surface area (Å²) in [6.45, 7) is 2.36. The minimum atomic E-state index is -2.33. The number of halogens is 2. The summed E-state index contributed by atoms with van der Waals surface area (Å²) in [6, 6.07) is 0. The molecule has 0 amide bonds. The average molecular weight is 246 g/mol. The van der Waals surface area contributed by atoms with Gasteiger partial charge in [-0.2, -0.15) is 0 Å². The van der Waals surface area contributed by atoms with E-state index in [1.807, 2.05) is 0 Å². The summed E-state index contributed by atoms with van der Waals surface area (Å²) in [7, 11) is 0. The van der Waals surface area contributed by atoms with Crippen LogP contribution in [-0.2, 0) is 17.8 Å². The topological polar surface area (TPSA) is 52.0 Å². The van der Waals surface area contributed by atoms with Gasteiger partial charge < -0.3 is 10.1 Å². The maximum atomic E-state index is 11.9. The van der Waals surface area contributed by atoms with Gasteiger partial charge in [-0.1, -0.05) is 5.21 Å². The van der Waals surface area contributed by atoms with E-state index >= 15 is 0 Å². The van der Waals surface area contributed by atoms with Gasteiger partial charge >= 0.3 is 0 Å². The van der Waals surface area contributed by atoms with Crippen molar-refractivity contribution in [2.45, 2.75) is 25.9 Å². The third-order valence-electron chi connectivity index (χ3n) is 2.66. The van der Waals surface area contributed by atoms with Crippen LogP contribution in [0.1, 0.15) is 12.1 Å². The molecule has 5 nitrogen and oxygen atoms in total. The average Bonchev–Trinajstić information content (AvgIpc) is 2.90. The van der Waals surface area contributed by atoms with Gasteiger partial charge in [-0.3, -0.25) is 4.68 Å². The Bertz CT molecular complexity index is 339. The summed E-state index contributed by atoms with van der Waals surface area (Å²) < 4.78 is 30.8. The Labute approximate surface area is 98.1 Å². The molecule has 96 valence electrons. The second kappa shape index (κ2) is 6.02. The standard InChI is InChI=1S/C10H16F2N4O/c11-10(12)4-13-3-9-6-16(15-14-9)5-8-1-2-17-7-8/h6,8,10,13H,1-5,7H2/t8-/m0/s1. The lowest BCUT2D eigenvalue weighted by molar-refractivity contribution is 0.145. The van der Waals surface area contributed by atoms with Crippen molar-refractivity contribution in [3.63, 3.8) is 0 Å². The molecular formula is C10H16F2N4O. The van der Waals surface area contributed by atoms with Gasteiger partial charge in [0.1, 0.15) is 0 Å². The monoisotopic (exact) mass is 246 g/mol. The fraction of sp³-hybridized carbons (Fsp3) is 0.800. The first-order valence-corrected chi connectivity index (χ1v) is 5.69. The van der Waals surface area contributed by atoms with E-state index < -0.39 is 6.43 Å². The fourth-order valence-corrected chi connectivity index (χ4v) is 1.81. The Hall–Kier alpha value is -1.08. The maximum Gasteiger partial charge on any atom is 0.250 e. The van der Waals surface area contributed by atoms with Crippen molar-refractivity contribution >= 4 is 0 Å². The summed E-state index contributed by atoms with van der Waals surface area (Å²) in [4.78, 5) is 0. The van der Waals surface area contributed by atoms with E-state index in [-0.39, 0.29) is 6.54 Å². The zero-order valence-electron chi connectivity index (χ0n) is 9.48. The Kier molecular flexibility index (Phi) is 4.38. The lowest BCUT2D eigenvalue weighted by atomic mass is 10.1. The van der Waals surface area contributed by atoms with Crippen molar-refractivity contribution < 1.29 is 13.5 Å². The molecule has 0 aliphatic carbocycles. The van der Waals surface area contributed by atoms with E-state index in [0.29, 0.717) is 18.2 Å². The van der Waals surface area contributed by atoms with Gasteiger partial charge in [0.15, 0.2) is 0 Å². The molecule has 1 N–H and O–H groups in total. The number of ether oxygens (including phenoxy) is 1. The van der Waals surface area contributed by atoms with E-state index in [1.54, 1.807) is 10.9 Å². The summed E-state index contributed by atoms with van der Waals surface area (Å²) >= 11 is 0. The van der Waals surface area contributed by atoms with E-state index in [1.165, 1.54) is 0 Å². The molecule has 0 radical (unpaired) electrons. The predicted molar refractivity (Wildman–Crippen MR) is 56.7 cm³/mol. The van der Waals surface area contributed by atoms with Crippen LogP contribution in [-0.4, -0.2) is 41.2 Å². The number of nitrogens with zero attached hydrogens (tertiary/aromatic N) is 3. The molecule has 0 spiro atoms. The SMILES string of the molecule is FC(F)CNCc1cn(C[C@@H]2CCOC2)nn1. The lowest BCUT2D eigenvalue weighted by Gasteiger charge is -2.05. The minimum absolute atomic E-state index is 0.316. The van der Waals surface area contributed by atoms with Crippen molar-refractivity contribution in [2.75, 3.05) is 19.8 Å². The van der Waals surface area contributed by atoms with Gasteiger partial charge in [0.25, 0.3) is 6.43 Å². The molecule has 1 aliphatic rings. The van der Waals surface area contributed by atoms with Crippen molar-refractivity contribution in [1.29, 1.82) is 0 Å². The van der Waals surface area contributed by atoms with Crippen LogP contribution in [0.5, 0.6) is 0 Å². The van der Waals surface area contributed by atoms with Crippen LogP contribution in [0.3, 0.4) is 0 Å². The highest BCUT2D eigenvalue weighted by molar-refractivity contribution is 4.91. The van der Waals surface area contributed by atoms with Gasteiger partial charge in [0, 0.05) is 31.8 Å². The predicted octanol–water partition coefficient (Wildman–Crippen LogP) is 0.669. The second-order valence-corrected chi connectivity index (χ2v) is 4.18. The molecule has 7 heteroatoms. The maximum absolute atomic E-state index is 11.9. The molecule has 0 bridgehead atoms. The normalized spacial score (nSPS) is 20.3. The largest absolute Gasteiger partial charge is 0.381 e. The van der Waals surface area contributed by atoms with E-state index in [9.17, 15) is 8.78 Å². The number of nitrogens with one attached hydrogen (secondary N) is 1. The highest BCUT2D eigenvalue weighted by Crippen LogP contribution is 2.14.